The maximum Gasteiger partial charge on any atom is 0.210 e. The first-order valence-corrected chi connectivity index (χ1v) is 7.95. The van der Waals surface area contributed by atoms with Crippen molar-refractivity contribution in [1.82, 2.24) is 14.9 Å². The van der Waals surface area contributed by atoms with Crippen LogP contribution in [0.25, 0.3) is 0 Å². The van der Waals surface area contributed by atoms with Crippen molar-refractivity contribution < 1.29 is 0 Å². The molecule has 0 unspecified atom stereocenters. The van der Waals surface area contributed by atoms with Gasteiger partial charge in [-0.15, -0.1) is 10.2 Å². The van der Waals surface area contributed by atoms with Gasteiger partial charge < -0.3 is 5.84 Å². The number of rotatable bonds is 4. The molecule has 4 nitrogen and oxygen atoms in total. The molecule has 0 bridgehead atoms. The van der Waals surface area contributed by atoms with Crippen molar-refractivity contribution >= 4 is 43.6 Å². The molecular weight excluding hydrogens is 380 g/mol. The summed E-state index contributed by atoms with van der Waals surface area (Å²) >= 11 is 8.55. The van der Waals surface area contributed by atoms with Gasteiger partial charge in [-0.05, 0) is 17.7 Å². The first kappa shape index (κ1) is 13.9. The molecule has 0 saturated carbocycles. The van der Waals surface area contributed by atoms with Crippen LogP contribution in [0.4, 0.5) is 0 Å². The van der Waals surface area contributed by atoms with Crippen molar-refractivity contribution in [1.29, 1.82) is 0 Å². The summed E-state index contributed by atoms with van der Waals surface area (Å²) in [6.45, 7) is 2.01. The molecule has 0 fully saturated rings. The highest BCUT2D eigenvalue weighted by Crippen LogP contribution is 2.27. The second-order valence-electron chi connectivity index (χ2n) is 3.65. The van der Waals surface area contributed by atoms with Crippen LogP contribution in [0.15, 0.2) is 32.3 Å². The summed E-state index contributed by atoms with van der Waals surface area (Å²) in [7, 11) is 0. The maximum absolute atomic E-state index is 5.89. The number of nitrogens with two attached hydrogens (primary N) is 1. The van der Waals surface area contributed by atoms with Crippen molar-refractivity contribution in [2.75, 3.05) is 5.84 Å². The number of thioether (sulfide) groups is 1. The highest BCUT2D eigenvalue weighted by molar-refractivity contribution is 9.11. The SMILES string of the molecule is CCc1nnc(SCc2ccc(Br)cc2Br)n1N. The quantitative estimate of drug-likeness (QED) is 0.641. The Morgan fingerprint density at radius 1 is 1.33 bits per heavy atom. The monoisotopic (exact) mass is 390 g/mol. The fourth-order valence-corrected chi connectivity index (χ4v) is 3.68. The van der Waals surface area contributed by atoms with E-state index in [9.17, 15) is 0 Å². The molecule has 0 radical (unpaired) electrons. The number of hydrogen-bond donors (Lipinski definition) is 1. The molecule has 0 amide bonds. The van der Waals surface area contributed by atoms with E-state index in [-0.39, 0.29) is 0 Å². The maximum atomic E-state index is 5.89. The van der Waals surface area contributed by atoms with Crippen molar-refractivity contribution in [2.45, 2.75) is 24.3 Å². The Kier molecular flexibility index (Phi) is 4.69. The number of benzene rings is 1. The molecule has 0 aliphatic carbocycles. The van der Waals surface area contributed by atoms with E-state index in [2.05, 4.69) is 48.1 Å². The number of aryl methyl sites for hydroxylation is 1. The molecular formula is C11H12Br2N4S. The van der Waals surface area contributed by atoms with Gasteiger partial charge in [-0.25, -0.2) is 4.68 Å². The summed E-state index contributed by atoms with van der Waals surface area (Å²) in [5.41, 5.74) is 1.20. The van der Waals surface area contributed by atoms with Crippen LogP contribution in [0.5, 0.6) is 0 Å². The number of nitrogens with zero attached hydrogens (tertiary/aromatic N) is 3. The third-order valence-corrected chi connectivity index (χ3v) is 4.65. The van der Waals surface area contributed by atoms with Crippen molar-refractivity contribution in [3.8, 4) is 0 Å². The molecule has 0 aliphatic rings. The van der Waals surface area contributed by atoms with Gasteiger partial charge in [0.15, 0.2) is 5.82 Å². The number of hydrogen-bond acceptors (Lipinski definition) is 4. The normalized spacial score (nSPS) is 10.8. The van der Waals surface area contributed by atoms with Gasteiger partial charge in [0.2, 0.25) is 5.16 Å². The molecule has 0 atom stereocenters. The Labute approximate surface area is 127 Å². The van der Waals surface area contributed by atoms with Crippen molar-refractivity contribution in [3.63, 3.8) is 0 Å². The molecule has 1 heterocycles. The fraction of sp³-hybridized carbons (Fsp3) is 0.273. The summed E-state index contributed by atoms with van der Waals surface area (Å²) in [6, 6.07) is 6.12. The second-order valence-corrected chi connectivity index (χ2v) is 6.36. The Bertz CT molecular complexity index is 556. The largest absolute Gasteiger partial charge is 0.336 e. The summed E-state index contributed by atoms with van der Waals surface area (Å²) in [6.07, 6.45) is 0.784. The van der Waals surface area contributed by atoms with E-state index >= 15 is 0 Å². The fourth-order valence-electron chi connectivity index (χ4n) is 1.43. The van der Waals surface area contributed by atoms with E-state index in [1.807, 2.05) is 19.1 Å². The van der Waals surface area contributed by atoms with Crippen LogP contribution in [-0.2, 0) is 12.2 Å². The van der Waals surface area contributed by atoms with Gasteiger partial charge in [-0.3, -0.25) is 0 Å². The number of halogens is 2. The van der Waals surface area contributed by atoms with Crippen molar-refractivity contribution in [3.05, 3.63) is 38.5 Å². The molecule has 1 aromatic carbocycles. The highest BCUT2D eigenvalue weighted by Gasteiger charge is 2.09. The lowest BCUT2D eigenvalue weighted by Gasteiger charge is -2.05. The van der Waals surface area contributed by atoms with Crippen LogP contribution in [0.2, 0.25) is 0 Å². The first-order chi connectivity index (χ1) is 8.61. The van der Waals surface area contributed by atoms with Gasteiger partial charge in [0.1, 0.15) is 0 Å². The van der Waals surface area contributed by atoms with E-state index < -0.39 is 0 Å². The molecule has 18 heavy (non-hydrogen) atoms. The number of aromatic nitrogens is 3. The predicted octanol–water partition coefficient (Wildman–Crippen LogP) is 3.37. The Hall–Kier alpha value is -0.530. The summed E-state index contributed by atoms with van der Waals surface area (Å²) in [5, 5.41) is 8.84. The van der Waals surface area contributed by atoms with E-state index in [1.54, 1.807) is 16.4 Å². The third-order valence-electron chi connectivity index (χ3n) is 2.42. The Morgan fingerprint density at radius 3 is 2.72 bits per heavy atom. The smallest absolute Gasteiger partial charge is 0.210 e. The van der Waals surface area contributed by atoms with E-state index in [1.165, 1.54) is 5.56 Å². The van der Waals surface area contributed by atoms with E-state index in [0.29, 0.717) is 0 Å². The minimum atomic E-state index is 0.738. The van der Waals surface area contributed by atoms with Gasteiger partial charge >= 0.3 is 0 Å². The van der Waals surface area contributed by atoms with Crippen LogP contribution in [-0.4, -0.2) is 14.9 Å². The predicted molar refractivity (Wildman–Crippen MR) is 81.0 cm³/mol. The van der Waals surface area contributed by atoms with Crippen LogP contribution in [0, 0.1) is 0 Å². The van der Waals surface area contributed by atoms with Crippen LogP contribution >= 0.6 is 43.6 Å². The van der Waals surface area contributed by atoms with Gasteiger partial charge in [-0.2, -0.15) is 0 Å². The topological polar surface area (TPSA) is 56.7 Å². The van der Waals surface area contributed by atoms with Gasteiger partial charge in [0.25, 0.3) is 0 Å². The van der Waals surface area contributed by atoms with Crippen LogP contribution in [0.1, 0.15) is 18.3 Å². The zero-order chi connectivity index (χ0) is 13.1. The molecule has 96 valence electrons. The van der Waals surface area contributed by atoms with Gasteiger partial charge in [0, 0.05) is 21.1 Å². The zero-order valence-corrected chi connectivity index (χ0v) is 13.7. The van der Waals surface area contributed by atoms with Crippen molar-refractivity contribution in [2.24, 2.45) is 0 Å². The second kappa shape index (κ2) is 6.08. The number of nitrogen functional groups attached to an aromatic ring is 1. The molecule has 2 aromatic rings. The van der Waals surface area contributed by atoms with E-state index in [0.717, 1.165) is 32.1 Å². The Morgan fingerprint density at radius 2 is 2.11 bits per heavy atom. The molecule has 0 aliphatic heterocycles. The Balaban J connectivity index is 2.09. The van der Waals surface area contributed by atoms with Gasteiger partial charge in [-0.1, -0.05) is 56.6 Å². The summed E-state index contributed by atoms with van der Waals surface area (Å²) < 4.78 is 3.68. The third kappa shape index (κ3) is 3.07. The molecule has 0 saturated heterocycles. The molecule has 0 spiro atoms. The van der Waals surface area contributed by atoms with E-state index in [4.69, 9.17) is 5.84 Å². The summed E-state index contributed by atoms with van der Waals surface area (Å²) in [5.74, 6) is 7.49. The minimum absolute atomic E-state index is 0.738. The minimum Gasteiger partial charge on any atom is -0.336 e. The average Bonchev–Trinajstić information content (AvgIpc) is 2.69. The molecule has 2 N–H and O–H groups in total. The lowest BCUT2D eigenvalue weighted by Crippen LogP contribution is -2.13. The first-order valence-electron chi connectivity index (χ1n) is 5.38. The van der Waals surface area contributed by atoms with Crippen LogP contribution < -0.4 is 5.84 Å². The molecule has 7 heteroatoms. The van der Waals surface area contributed by atoms with Gasteiger partial charge in [0.05, 0.1) is 0 Å². The molecule has 2 rings (SSSR count). The average molecular weight is 392 g/mol. The lowest BCUT2D eigenvalue weighted by atomic mass is 10.2. The highest BCUT2D eigenvalue weighted by atomic mass is 79.9. The zero-order valence-electron chi connectivity index (χ0n) is 9.73. The molecule has 1 aromatic heterocycles. The summed E-state index contributed by atoms with van der Waals surface area (Å²) in [4.78, 5) is 0. The van der Waals surface area contributed by atoms with Crippen LogP contribution in [0.3, 0.4) is 0 Å². The standard InChI is InChI=1S/C11H12Br2N4S/c1-2-10-15-16-11(17(10)14)18-6-7-3-4-8(12)5-9(7)13/h3-5H,2,6,14H2,1H3. The lowest BCUT2D eigenvalue weighted by molar-refractivity contribution is 0.796.